The summed E-state index contributed by atoms with van der Waals surface area (Å²) in [7, 11) is -3.83. The van der Waals surface area contributed by atoms with E-state index in [1.807, 2.05) is 0 Å². The highest BCUT2D eigenvalue weighted by atomic mass is 32.2. The van der Waals surface area contributed by atoms with Crippen LogP contribution in [0.4, 0.5) is 0 Å². The van der Waals surface area contributed by atoms with Crippen LogP contribution in [0, 0.1) is 13.8 Å². The van der Waals surface area contributed by atoms with Gasteiger partial charge in [-0.2, -0.15) is 0 Å². The Morgan fingerprint density at radius 2 is 1.89 bits per heavy atom. The summed E-state index contributed by atoms with van der Waals surface area (Å²) < 4.78 is 26.3. The molecule has 0 aliphatic carbocycles. The Bertz CT molecular complexity index is 592. The van der Waals surface area contributed by atoms with E-state index in [4.69, 9.17) is 10.2 Å². The summed E-state index contributed by atoms with van der Waals surface area (Å²) in [6.07, 6.45) is -0.820. The molecule has 0 radical (unpaired) electrons. The number of aryl methyl sites for hydroxylation is 2. The van der Waals surface area contributed by atoms with Gasteiger partial charge in [0.2, 0.25) is 10.0 Å². The van der Waals surface area contributed by atoms with E-state index in [-0.39, 0.29) is 17.0 Å². The first-order valence-electron chi connectivity index (χ1n) is 5.67. The van der Waals surface area contributed by atoms with Gasteiger partial charge >= 0.3 is 5.97 Å². The van der Waals surface area contributed by atoms with E-state index in [0.717, 1.165) is 6.07 Å². The van der Waals surface area contributed by atoms with E-state index in [1.165, 1.54) is 13.0 Å². The minimum absolute atomic E-state index is 0.0528. The molecule has 0 saturated heterocycles. The molecule has 0 heterocycles. The number of carboxylic acid groups (broad SMARTS) is 1. The third kappa shape index (κ3) is 3.76. The minimum atomic E-state index is -3.83. The number of sulfonamides is 1. The Labute approximate surface area is 112 Å². The van der Waals surface area contributed by atoms with Gasteiger partial charge in [-0.05, 0) is 38.0 Å². The molecule has 0 aliphatic heterocycles. The zero-order chi connectivity index (χ0) is 14.8. The van der Waals surface area contributed by atoms with Gasteiger partial charge < -0.3 is 10.2 Å². The third-order valence-electron chi connectivity index (χ3n) is 2.61. The highest BCUT2D eigenvalue weighted by molar-refractivity contribution is 7.89. The largest absolute Gasteiger partial charge is 0.478 e. The smallest absolute Gasteiger partial charge is 0.335 e. The van der Waals surface area contributed by atoms with Gasteiger partial charge in [-0.3, -0.25) is 0 Å². The number of benzene rings is 1. The van der Waals surface area contributed by atoms with Crippen LogP contribution in [0.2, 0.25) is 0 Å². The molecule has 1 aromatic carbocycles. The van der Waals surface area contributed by atoms with E-state index in [1.54, 1.807) is 13.8 Å². The molecule has 0 aliphatic rings. The average molecular weight is 287 g/mol. The lowest BCUT2D eigenvalue weighted by Crippen LogP contribution is -2.31. The average Bonchev–Trinajstić information content (AvgIpc) is 2.25. The van der Waals surface area contributed by atoms with Gasteiger partial charge in [0.05, 0.1) is 16.6 Å². The maximum Gasteiger partial charge on any atom is 0.335 e. The first-order valence-corrected chi connectivity index (χ1v) is 7.15. The Kier molecular flexibility index (Phi) is 4.67. The van der Waals surface area contributed by atoms with Crippen LogP contribution in [-0.4, -0.2) is 37.2 Å². The van der Waals surface area contributed by atoms with E-state index in [0.29, 0.717) is 11.1 Å². The second-order valence-corrected chi connectivity index (χ2v) is 6.17. The molecule has 0 fully saturated rings. The fourth-order valence-corrected chi connectivity index (χ4v) is 3.03. The zero-order valence-electron chi connectivity index (χ0n) is 11.0. The monoisotopic (exact) mass is 287 g/mol. The molecule has 0 amide bonds. The van der Waals surface area contributed by atoms with E-state index < -0.39 is 22.1 Å². The maximum absolute atomic E-state index is 12.0. The number of aromatic carboxylic acids is 1. The fraction of sp³-hybridized carbons (Fsp3) is 0.417. The summed E-state index contributed by atoms with van der Waals surface area (Å²) in [5.41, 5.74) is 0.906. The highest BCUT2D eigenvalue weighted by Crippen LogP contribution is 2.20. The predicted molar refractivity (Wildman–Crippen MR) is 69.7 cm³/mol. The SMILES string of the molecule is Cc1cc(C)c(S(=O)(=O)NC[C@H](C)O)cc1C(=O)O. The summed E-state index contributed by atoms with van der Waals surface area (Å²) in [6.45, 7) is 4.52. The second-order valence-electron chi connectivity index (χ2n) is 4.44. The van der Waals surface area contributed by atoms with Crippen LogP contribution >= 0.6 is 0 Å². The first-order chi connectivity index (χ1) is 8.65. The Morgan fingerprint density at radius 3 is 2.37 bits per heavy atom. The molecule has 6 nitrogen and oxygen atoms in total. The molecule has 1 rings (SSSR count). The van der Waals surface area contributed by atoms with Crippen LogP contribution in [0.15, 0.2) is 17.0 Å². The van der Waals surface area contributed by atoms with Crippen LogP contribution in [0.1, 0.15) is 28.4 Å². The minimum Gasteiger partial charge on any atom is -0.478 e. The quantitative estimate of drug-likeness (QED) is 0.738. The normalized spacial score (nSPS) is 13.3. The van der Waals surface area contributed by atoms with Crippen molar-refractivity contribution in [3.8, 4) is 0 Å². The van der Waals surface area contributed by atoms with Crippen molar-refractivity contribution in [3.05, 3.63) is 28.8 Å². The maximum atomic E-state index is 12.0. The number of rotatable bonds is 5. The molecule has 106 valence electrons. The van der Waals surface area contributed by atoms with Gasteiger partial charge in [0.1, 0.15) is 0 Å². The summed E-state index contributed by atoms with van der Waals surface area (Å²) in [5, 5.41) is 18.1. The number of aliphatic hydroxyl groups excluding tert-OH is 1. The van der Waals surface area contributed by atoms with Crippen molar-refractivity contribution in [2.75, 3.05) is 6.54 Å². The topological polar surface area (TPSA) is 104 Å². The summed E-state index contributed by atoms with van der Waals surface area (Å²) in [6, 6.07) is 2.65. The molecule has 0 bridgehead atoms. The molecule has 0 unspecified atom stereocenters. The van der Waals surface area contributed by atoms with E-state index >= 15 is 0 Å². The van der Waals surface area contributed by atoms with Crippen LogP contribution < -0.4 is 4.72 Å². The number of carboxylic acids is 1. The molecule has 19 heavy (non-hydrogen) atoms. The van der Waals surface area contributed by atoms with Gasteiger partial charge in [-0.25, -0.2) is 17.9 Å². The van der Waals surface area contributed by atoms with Crippen molar-refractivity contribution in [2.45, 2.75) is 31.8 Å². The van der Waals surface area contributed by atoms with Crippen LogP contribution in [0.5, 0.6) is 0 Å². The number of aliphatic hydroxyl groups is 1. The zero-order valence-corrected chi connectivity index (χ0v) is 11.8. The summed E-state index contributed by atoms with van der Waals surface area (Å²) >= 11 is 0. The first kappa shape index (κ1) is 15.6. The number of hydrogen-bond acceptors (Lipinski definition) is 4. The molecular weight excluding hydrogens is 270 g/mol. The molecule has 7 heteroatoms. The standard InChI is InChI=1S/C12H17NO5S/c1-7-4-8(2)11(5-10(7)12(15)16)19(17,18)13-6-9(3)14/h4-5,9,13-14H,6H2,1-3H3,(H,15,16)/t9-/m0/s1. The Hall–Kier alpha value is -1.44. The van der Waals surface area contributed by atoms with Crippen LogP contribution in [0.25, 0.3) is 0 Å². The lowest BCUT2D eigenvalue weighted by Gasteiger charge is -2.12. The third-order valence-corrected chi connectivity index (χ3v) is 4.18. The van der Waals surface area contributed by atoms with Crippen LogP contribution in [-0.2, 0) is 10.0 Å². The van der Waals surface area contributed by atoms with Crippen molar-refractivity contribution in [1.82, 2.24) is 4.72 Å². The van der Waals surface area contributed by atoms with Crippen molar-refractivity contribution in [2.24, 2.45) is 0 Å². The second kappa shape index (κ2) is 5.68. The van der Waals surface area contributed by atoms with Gasteiger partial charge in [0.25, 0.3) is 0 Å². The van der Waals surface area contributed by atoms with Gasteiger partial charge in [0.15, 0.2) is 0 Å². The Balaban J connectivity index is 3.27. The molecule has 1 aromatic rings. The summed E-state index contributed by atoms with van der Waals surface area (Å²) in [4.78, 5) is 10.9. The lowest BCUT2D eigenvalue weighted by molar-refractivity contribution is 0.0696. The van der Waals surface area contributed by atoms with Crippen molar-refractivity contribution >= 4 is 16.0 Å². The molecule has 1 atom stereocenters. The predicted octanol–water partition coefficient (Wildman–Crippen LogP) is 0.661. The molecule has 0 aromatic heterocycles. The van der Waals surface area contributed by atoms with Crippen molar-refractivity contribution in [3.63, 3.8) is 0 Å². The summed E-state index contributed by atoms with van der Waals surface area (Å²) in [5.74, 6) is -1.18. The van der Waals surface area contributed by atoms with Crippen molar-refractivity contribution in [1.29, 1.82) is 0 Å². The highest BCUT2D eigenvalue weighted by Gasteiger charge is 2.20. The fourth-order valence-electron chi connectivity index (χ4n) is 1.66. The molecular formula is C12H17NO5S. The van der Waals surface area contributed by atoms with Gasteiger partial charge in [-0.1, -0.05) is 6.07 Å². The molecule has 3 N–H and O–H groups in total. The Morgan fingerprint density at radius 1 is 1.32 bits per heavy atom. The van der Waals surface area contributed by atoms with E-state index in [9.17, 15) is 13.2 Å². The van der Waals surface area contributed by atoms with Gasteiger partial charge in [-0.15, -0.1) is 0 Å². The molecule has 0 spiro atoms. The number of carbonyl (C=O) groups is 1. The van der Waals surface area contributed by atoms with Gasteiger partial charge in [0, 0.05) is 6.54 Å². The molecule has 0 saturated carbocycles. The van der Waals surface area contributed by atoms with Crippen molar-refractivity contribution < 1.29 is 23.4 Å². The lowest BCUT2D eigenvalue weighted by atomic mass is 10.1. The number of nitrogens with one attached hydrogen (secondary N) is 1. The number of hydrogen-bond donors (Lipinski definition) is 3. The van der Waals surface area contributed by atoms with Crippen LogP contribution in [0.3, 0.4) is 0 Å². The van der Waals surface area contributed by atoms with E-state index in [2.05, 4.69) is 4.72 Å².